The third-order valence-electron chi connectivity index (χ3n) is 2.73. The van der Waals surface area contributed by atoms with Gasteiger partial charge in [-0.25, -0.2) is 5.06 Å². The number of carbonyl (C=O) groups is 1. The number of carbonyl (C=O) groups excluding carboxylic acids is 1. The second-order valence-electron chi connectivity index (χ2n) is 4.81. The van der Waals surface area contributed by atoms with E-state index in [1.54, 1.807) is 13.8 Å². The molecule has 0 aliphatic rings. The summed E-state index contributed by atoms with van der Waals surface area (Å²) < 4.78 is 0. The van der Waals surface area contributed by atoms with Crippen LogP contribution in [0.1, 0.15) is 25.0 Å². The van der Waals surface area contributed by atoms with Crippen LogP contribution in [0.15, 0.2) is 24.3 Å². The Morgan fingerprint density at radius 1 is 1.41 bits per heavy atom. The molecule has 0 aliphatic heterocycles. The van der Waals surface area contributed by atoms with Crippen LogP contribution in [0.5, 0.6) is 0 Å². The Morgan fingerprint density at radius 3 is 2.53 bits per heavy atom. The van der Waals surface area contributed by atoms with Gasteiger partial charge in [0.2, 0.25) is 0 Å². The van der Waals surface area contributed by atoms with Crippen LogP contribution in [-0.4, -0.2) is 22.1 Å². The summed E-state index contributed by atoms with van der Waals surface area (Å²) in [5, 5.41) is 10.5. The van der Waals surface area contributed by atoms with Crippen LogP contribution in [0, 0.1) is 12.3 Å². The molecule has 0 heterocycles. The zero-order valence-electron chi connectivity index (χ0n) is 10.4. The highest BCUT2D eigenvalue weighted by Crippen LogP contribution is 2.21. The van der Waals surface area contributed by atoms with Crippen LogP contribution in [0.2, 0.25) is 0 Å². The molecular formula is C13H18ClNO2. The van der Waals surface area contributed by atoms with Crippen molar-refractivity contribution in [2.45, 2.75) is 27.3 Å². The third-order valence-corrected chi connectivity index (χ3v) is 3.40. The molecule has 94 valence electrons. The largest absolute Gasteiger partial charge is 0.286 e. The maximum Gasteiger partial charge on any atom is 0.253 e. The predicted molar refractivity (Wildman–Crippen MR) is 68.0 cm³/mol. The molecule has 0 atom stereocenters. The lowest BCUT2D eigenvalue weighted by molar-refractivity contribution is -0.177. The lowest BCUT2D eigenvalue weighted by Crippen LogP contribution is -2.39. The second kappa shape index (κ2) is 5.52. The Kier molecular flexibility index (Phi) is 4.54. The van der Waals surface area contributed by atoms with Gasteiger partial charge in [0.15, 0.2) is 0 Å². The van der Waals surface area contributed by atoms with Crippen molar-refractivity contribution in [3.8, 4) is 0 Å². The van der Waals surface area contributed by atoms with Crippen molar-refractivity contribution in [3.05, 3.63) is 35.4 Å². The van der Waals surface area contributed by atoms with E-state index in [4.69, 9.17) is 11.6 Å². The fourth-order valence-corrected chi connectivity index (χ4v) is 1.54. The number of amides is 1. The van der Waals surface area contributed by atoms with Crippen molar-refractivity contribution in [1.82, 2.24) is 5.06 Å². The summed E-state index contributed by atoms with van der Waals surface area (Å²) in [5.74, 6) is -0.188. The molecule has 0 bridgehead atoms. The molecule has 4 heteroatoms. The highest BCUT2D eigenvalue weighted by Gasteiger charge is 2.30. The summed E-state index contributed by atoms with van der Waals surface area (Å²) in [6.07, 6.45) is 0. The lowest BCUT2D eigenvalue weighted by atomic mass is 9.95. The zero-order chi connectivity index (χ0) is 13.1. The van der Waals surface area contributed by atoms with Gasteiger partial charge < -0.3 is 0 Å². The number of halogens is 1. The smallest absolute Gasteiger partial charge is 0.253 e. The monoisotopic (exact) mass is 255 g/mol. The van der Waals surface area contributed by atoms with Gasteiger partial charge in [-0.3, -0.25) is 10.0 Å². The van der Waals surface area contributed by atoms with E-state index in [2.05, 4.69) is 0 Å². The standard InChI is InChI=1S/C13H18ClNO2/c1-10-6-4-5-7-11(10)8-15(17)12(16)13(2,3)9-14/h4-7,17H,8-9H2,1-3H3. The van der Waals surface area contributed by atoms with E-state index in [-0.39, 0.29) is 18.3 Å². The molecule has 1 amide bonds. The molecule has 0 saturated carbocycles. The molecule has 0 aliphatic carbocycles. The maximum absolute atomic E-state index is 11.9. The molecule has 0 saturated heterocycles. The molecule has 0 spiro atoms. The molecule has 0 aromatic heterocycles. The highest BCUT2D eigenvalue weighted by atomic mass is 35.5. The summed E-state index contributed by atoms with van der Waals surface area (Å²) in [5.41, 5.74) is 1.22. The average molecular weight is 256 g/mol. The second-order valence-corrected chi connectivity index (χ2v) is 5.07. The maximum atomic E-state index is 11.9. The Hall–Kier alpha value is -1.06. The molecule has 1 aromatic carbocycles. The normalized spacial score (nSPS) is 11.4. The van der Waals surface area contributed by atoms with Gasteiger partial charge in [-0.1, -0.05) is 24.3 Å². The molecule has 1 rings (SSSR count). The van der Waals surface area contributed by atoms with Gasteiger partial charge in [0.25, 0.3) is 5.91 Å². The van der Waals surface area contributed by atoms with Crippen molar-refractivity contribution in [1.29, 1.82) is 0 Å². The van der Waals surface area contributed by atoms with Gasteiger partial charge >= 0.3 is 0 Å². The number of hydrogen-bond acceptors (Lipinski definition) is 2. The van der Waals surface area contributed by atoms with Gasteiger partial charge in [0.05, 0.1) is 12.0 Å². The quantitative estimate of drug-likeness (QED) is 0.511. The lowest BCUT2D eigenvalue weighted by Gasteiger charge is -2.26. The van der Waals surface area contributed by atoms with E-state index in [9.17, 15) is 10.0 Å². The predicted octanol–water partition coefficient (Wildman–Crippen LogP) is 2.98. The first-order valence-electron chi connectivity index (χ1n) is 5.50. The highest BCUT2D eigenvalue weighted by molar-refractivity contribution is 6.19. The van der Waals surface area contributed by atoms with Crippen molar-refractivity contribution in [3.63, 3.8) is 0 Å². The van der Waals surface area contributed by atoms with Crippen molar-refractivity contribution < 1.29 is 10.0 Å². The van der Waals surface area contributed by atoms with Gasteiger partial charge in [0.1, 0.15) is 0 Å². The molecule has 0 radical (unpaired) electrons. The van der Waals surface area contributed by atoms with Gasteiger partial charge in [-0.15, -0.1) is 11.6 Å². The molecule has 0 unspecified atom stereocenters. The van der Waals surface area contributed by atoms with E-state index >= 15 is 0 Å². The molecule has 1 N–H and O–H groups in total. The van der Waals surface area contributed by atoms with Crippen LogP contribution < -0.4 is 0 Å². The van der Waals surface area contributed by atoms with E-state index in [1.807, 2.05) is 31.2 Å². The molecule has 3 nitrogen and oxygen atoms in total. The minimum absolute atomic E-state index is 0.177. The molecule has 17 heavy (non-hydrogen) atoms. The zero-order valence-corrected chi connectivity index (χ0v) is 11.2. The minimum atomic E-state index is -0.751. The number of aryl methyl sites for hydroxylation is 1. The van der Waals surface area contributed by atoms with Gasteiger partial charge in [-0.05, 0) is 31.9 Å². The van der Waals surface area contributed by atoms with Crippen LogP contribution in [0.4, 0.5) is 0 Å². The van der Waals surface area contributed by atoms with Gasteiger partial charge in [0, 0.05) is 5.88 Å². The summed E-state index contributed by atoms with van der Waals surface area (Å²) in [4.78, 5) is 11.9. The van der Waals surface area contributed by atoms with Crippen LogP contribution in [0.3, 0.4) is 0 Å². The summed E-state index contributed by atoms with van der Waals surface area (Å²) >= 11 is 5.71. The van der Waals surface area contributed by atoms with Crippen LogP contribution in [-0.2, 0) is 11.3 Å². The fraction of sp³-hybridized carbons (Fsp3) is 0.462. The van der Waals surface area contributed by atoms with Crippen LogP contribution >= 0.6 is 11.6 Å². The van der Waals surface area contributed by atoms with E-state index < -0.39 is 5.41 Å². The summed E-state index contributed by atoms with van der Waals surface area (Å²) in [7, 11) is 0. The van der Waals surface area contributed by atoms with Crippen molar-refractivity contribution >= 4 is 17.5 Å². The molecule has 0 fully saturated rings. The summed E-state index contributed by atoms with van der Waals surface area (Å²) in [6.45, 7) is 5.55. The first-order chi connectivity index (χ1) is 7.88. The third kappa shape index (κ3) is 3.45. The first-order valence-corrected chi connectivity index (χ1v) is 6.03. The Bertz CT molecular complexity index is 404. The van der Waals surface area contributed by atoms with Gasteiger partial charge in [-0.2, -0.15) is 0 Å². The molecule has 1 aromatic rings. The van der Waals surface area contributed by atoms with Crippen LogP contribution in [0.25, 0.3) is 0 Å². The Morgan fingerprint density at radius 2 is 2.00 bits per heavy atom. The van der Waals surface area contributed by atoms with E-state index in [1.165, 1.54) is 0 Å². The van der Waals surface area contributed by atoms with Crippen molar-refractivity contribution in [2.24, 2.45) is 5.41 Å². The number of alkyl halides is 1. The summed E-state index contributed by atoms with van der Waals surface area (Å²) in [6, 6.07) is 7.64. The van der Waals surface area contributed by atoms with Crippen molar-refractivity contribution in [2.75, 3.05) is 5.88 Å². The minimum Gasteiger partial charge on any atom is -0.286 e. The van der Waals surface area contributed by atoms with E-state index in [0.29, 0.717) is 0 Å². The Balaban J connectivity index is 2.77. The molecular weight excluding hydrogens is 238 g/mol. The number of rotatable bonds is 4. The van der Waals surface area contributed by atoms with E-state index in [0.717, 1.165) is 16.2 Å². The number of benzene rings is 1. The average Bonchev–Trinajstić information content (AvgIpc) is 2.31. The topological polar surface area (TPSA) is 40.5 Å². The first kappa shape index (κ1) is 14.0. The SMILES string of the molecule is Cc1ccccc1CN(O)C(=O)C(C)(C)CCl. The number of hydroxylamine groups is 2. The Labute approximate surface area is 107 Å². The fourth-order valence-electron chi connectivity index (χ4n) is 1.43. The number of nitrogens with zero attached hydrogens (tertiary/aromatic N) is 1. The number of hydrogen-bond donors (Lipinski definition) is 1.